The third-order valence-electron chi connectivity index (χ3n) is 4.57. The first kappa shape index (κ1) is 13.9. The molecule has 1 saturated heterocycles. The van der Waals surface area contributed by atoms with Crippen LogP contribution in [-0.2, 0) is 6.54 Å². The van der Waals surface area contributed by atoms with Gasteiger partial charge in [0.05, 0.1) is 8.95 Å². The smallest absolute Gasteiger partial charge is 0.143 e. The summed E-state index contributed by atoms with van der Waals surface area (Å²) < 4.78 is 1.55. The number of hydrogen-bond donors (Lipinski definition) is 1. The maximum Gasteiger partial charge on any atom is 0.143 e. The topological polar surface area (TPSA) is 23.5 Å². The number of aromatic hydroxyl groups is 1. The van der Waals surface area contributed by atoms with Gasteiger partial charge in [-0.3, -0.25) is 4.90 Å². The van der Waals surface area contributed by atoms with Gasteiger partial charge in [-0.25, -0.2) is 0 Å². The van der Waals surface area contributed by atoms with E-state index in [2.05, 4.69) is 36.8 Å². The molecule has 0 amide bonds. The molecule has 1 aliphatic heterocycles. The monoisotopic (exact) mass is 387 g/mol. The molecule has 1 aromatic carbocycles. The Balaban J connectivity index is 1.77. The molecule has 0 aromatic heterocycles. The van der Waals surface area contributed by atoms with Crippen LogP contribution < -0.4 is 0 Å². The Morgan fingerprint density at radius 1 is 1.11 bits per heavy atom. The van der Waals surface area contributed by atoms with E-state index in [1.165, 1.54) is 44.2 Å². The molecule has 104 valence electrons. The molecule has 0 spiro atoms. The molecule has 2 unspecified atom stereocenters. The Hall–Kier alpha value is -0.0600. The Kier molecular flexibility index (Phi) is 4.20. The molecule has 19 heavy (non-hydrogen) atoms. The molecular formula is C15H19Br2NO. The van der Waals surface area contributed by atoms with E-state index in [1.807, 2.05) is 12.1 Å². The molecule has 2 fully saturated rings. The number of halogens is 2. The highest BCUT2D eigenvalue weighted by Crippen LogP contribution is 2.38. The third kappa shape index (κ3) is 2.86. The van der Waals surface area contributed by atoms with Crippen molar-refractivity contribution in [1.29, 1.82) is 0 Å². The molecule has 0 bridgehead atoms. The van der Waals surface area contributed by atoms with Crippen LogP contribution in [0.3, 0.4) is 0 Å². The van der Waals surface area contributed by atoms with Crippen LogP contribution in [-0.4, -0.2) is 22.6 Å². The summed E-state index contributed by atoms with van der Waals surface area (Å²) >= 11 is 6.84. The lowest BCUT2D eigenvalue weighted by Gasteiger charge is -2.37. The highest BCUT2D eigenvalue weighted by molar-refractivity contribution is 9.11. The zero-order valence-electron chi connectivity index (χ0n) is 10.9. The Morgan fingerprint density at radius 3 is 2.53 bits per heavy atom. The summed E-state index contributed by atoms with van der Waals surface area (Å²) in [5.74, 6) is 1.22. The summed E-state index contributed by atoms with van der Waals surface area (Å²) in [4.78, 5) is 2.65. The highest BCUT2D eigenvalue weighted by Gasteiger charge is 2.34. The average Bonchev–Trinajstić information content (AvgIpc) is 2.85. The first-order valence-electron chi connectivity index (χ1n) is 7.06. The lowest BCUT2D eigenvalue weighted by Crippen LogP contribution is -2.41. The number of hydrogen-bond acceptors (Lipinski definition) is 2. The summed E-state index contributed by atoms with van der Waals surface area (Å²) in [7, 11) is 0. The van der Waals surface area contributed by atoms with Crippen molar-refractivity contribution in [3.63, 3.8) is 0 Å². The Morgan fingerprint density at radius 2 is 1.79 bits per heavy atom. The zero-order chi connectivity index (χ0) is 13.4. The van der Waals surface area contributed by atoms with E-state index in [0.29, 0.717) is 5.75 Å². The van der Waals surface area contributed by atoms with E-state index in [-0.39, 0.29) is 0 Å². The fourth-order valence-corrected chi connectivity index (χ4v) is 4.98. The molecule has 1 aliphatic carbocycles. The molecular weight excluding hydrogens is 370 g/mol. The quantitative estimate of drug-likeness (QED) is 0.794. The van der Waals surface area contributed by atoms with Crippen molar-refractivity contribution in [1.82, 2.24) is 4.90 Å². The van der Waals surface area contributed by atoms with Crippen LogP contribution in [0.5, 0.6) is 5.75 Å². The van der Waals surface area contributed by atoms with Crippen LogP contribution in [0, 0.1) is 5.92 Å². The van der Waals surface area contributed by atoms with Crippen LogP contribution in [0.1, 0.15) is 37.7 Å². The van der Waals surface area contributed by atoms with Crippen molar-refractivity contribution in [3.8, 4) is 5.75 Å². The predicted molar refractivity (Wildman–Crippen MR) is 84.3 cm³/mol. The molecule has 1 saturated carbocycles. The van der Waals surface area contributed by atoms with Gasteiger partial charge < -0.3 is 5.11 Å². The maximum absolute atomic E-state index is 9.78. The number of nitrogens with zero attached hydrogens (tertiary/aromatic N) is 1. The maximum atomic E-state index is 9.78. The average molecular weight is 389 g/mol. The van der Waals surface area contributed by atoms with E-state index >= 15 is 0 Å². The molecule has 2 aliphatic rings. The fourth-order valence-electron chi connectivity index (χ4n) is 3.70. The molecule has 1 N–H and O–H groups in total. The van der Waals surface area contributed by atoms with Gasteiger partial charge in [-0.15, -0.1) is 0 Å². The number of piperidine rings is 1. The van der Waals surface area contributed by atoms with Gasteiger partial charge in [-0.1, -0.05) is 6.42 Å². The Bertz CT molecular complexity index is 454. The van der Waals surface area contributed by atoms with Crippen LogP contribution in [0.15, 0.2) is 21.1 Å². The summed E-state index contributed by atoms with van der Waals surface area (Å²) in [6, 6.07) is 4.87. The number of phenolic OH excluding ortho intramolecular Hbond substituents is 1. The lowest BCUT2D eigenvalue weighted by molar-refractivity contribution is 0.106. The molecule has 2 nitrogen and oxygen atoms in total. The lowest BCUT2D eigenvalue weighted by atomic mass is 9.91. The number of phenols is 1. The van der Waals surface area contributed by atoms with Crippen molar-refractivity contribution in [2.45, 2.75) is 44.7 Å². The second-order valence-corrected chi connectivity index (χ2v) is 7.49. The second-order valence-electron chi connectivity index (χ2n) is 5.78. The van der Waals surface area contributed by atoms with Crippen molar-refractivity contribution < 1.29 is 5.11 Å². The minimum absolute atomic E-state index is 0.293. The number of fused-ring (bicyclic) bond motifs is 1. The van der Waals surface area contributed by atoms with Crippen molar-refractivity contribution in [3.05, 3.63) is 26.6 Å². The molecule has 3 rings (SSSR count). The number of rotatable bonds is 2. The van der Waals surface area contributed by atoms with Crippen LogP contribution in [0.2, 0.25) is 0 Å². The fraction of sp³-hybridized carbons (Fsp3) is 0.600. The first-order valence-corrected chi connectivity index (χ1v) is 8.64. The van der Waals surface area contributed by atoms with Crippen molar-refractivity contribution in [2.24, 2.45) is 5.92 Å². The molecule has 1 heterocycles. The van der Waals surface area contributed by atoms with Gasteiger partial charge >= 0.3 is 0 Å². The Labute approximate surface area is 131 Å². The molecule has 0 radical (unpaired) electrons. The molecule has 2 atom stereocenters. The largest absolute Gasteiger partial charge is 0.506 e. The standard InChI is InChI=1S/C15H19Br2NO/c16-12-7-10(8-13(17)15(12)19)9-18-6-2-4-11-3-1-5-14(11)18/h7-8,11,14,19H,1-6,9H2. The van der Waals surface area contributed by atoms with Gasteiger partial charge in [0.2, 0.25) is 0 Å². The van der Waals surface area contributed by atoms with Gasteiger partial charge in [0.15, 0.2) is 0 Å². The number of benzene rings is 1. The van der Waals surface area contributed by atoms with Gasteiger partial charge in [-0.2, -0.15) is 0 Å². The van der Waals surface area contributed by atoms with E-state index in [9.17, 15) is 5.11 Å². The van der Waals surface area contributed by atoms with Crippen LogP contribution in [0.4, 0.5) is 0 Å². The van der Waals surface area contributed by atoms with E-state index in [1.54, 1.807) is 0 Å². The summed E-state index contributed by atoms with van der Waals surface area (Å²) in [6.45, 7) is 2.22. The van der Waals surface area contributed by atoms with E-state index in [0.717, 1.165) is 27.4 Å². The first-order chi connectivity index (χ1) is 9.15. The highest BCUT2D eigenvalue weighted by atomic mass is 79.9. The van der Waals surface area contributed by atoms with E-state index in [4.69, 9.17) is 0 Å². The van der Waals surface area contributed by atoms with Crippen LogP contribution >= 0.6 is 31.9 Å². The second kappa shape index (κ2) is 5.74. The minimum Gasteiger partial charge on any atom is -0.506 e. The minimum atomic E-state index is 0.293. The SMILES string of the molecule is Oc1c(Br)cc(CN2CCCC3CCCC32)cc1Br. The zero-order valence-corrected chi connectivity index (χ0v) is 14.1. The summed E-state index contributed by atoms with van der Waals surface area (Å²) in [5.41, 5.74) is 1.27. The van der Waals surface area contributed by atoms with Gasteiger partial charge in [0, 0.05) is 12.6 Å². The predicted octanol–water partition coefficient (Wildman–Crippen LogP) is 4.68. The molecule has 1 aromatic rings. The van der Waals surface area contributed by atoms with E-state index < -0.39 is 0 Å². The van der Waals surface area contributed by atoms with Gasteiger partial charge in [-0.05, 0) is 87.7 Å². The summed E-state index contributed by atoms with van der Waals surface area (Å²) in [5, 5.41) is 9.78. The summed E-state index contributed by atoms with van der Waals surface area (Å²) in [6.07, 6.45) is 6.94. The van der Waals surface area contributed by atoms with Gasteiger partial charge in [0.1, 0.15) is 5.75 Å². The van der Waals surface area contributed by atoms with Gasteiger partial charge in [0.25, 0.3) is 0 Å². The van der Waals surface area contributed by atoms with Crippen molar-refractivity contribution in [2.75, 3.05) is 6.54 Å². The van der Waals surface area contributed by atoms with Crippen molar-refractivity contribution >= 4 is 31.9 Å². The normalized spacial score (nSPS) is 27.5. The molecule has 4 heteroatoms. The third-order valence-corrected chi connectivity index (χ3v) is 5.78. The number of likely N-dealkylation sites (tertiary alicyclic amines) is 1. The van der Waals surface area contributed by atoms with Crippen LogP contribution in [0.25, 0.3) is 0 Å².